The maximum atomic E-state index is 11.1. The highest BCUT2D eigenvalue weighted by molar-refractivity contribution is 5.50. The molecule has 0 aromatic heterocycles. The van der Waals surface area contributed by atoms with Crippen molar-refractivity contribution in [1.82, 2.24) is 0 Å². The Morgan fingerprint density at radius 3 is 2.58 bits per heavy atom. The predicted molar refractivity (Wildman–Crippen MR) is 78.8 cm³/mol. The maximum Gasteiger partial charge on any atom is 0.120 e. The zero-order valence-electron chi connectivity index (χ0n) is 12.7. The van der Waals surface area contributed by atoms with Gasteiger partial charge in [0.2, 0.25) is 0 Å². The molecule has 108 valence electrons. The first-order valence-electron chi connectivity index (χ1n) is 8.59. The molecule has 1 nitrogen and oxygen atoms in total. The van der Waals surface area contributed by atoms with Gasteiger partial charge in [0.05, 0.1) is 0 Å². The normalized spacial score (nSPS) is 50.1. The van der Waals surface area contributed by atoms with Crippen molar-refractivity contribution in [3.05, 3.63) is 0 Å². The van der Waals surface area contributed by atoms with Gasteiger partial charge in [-0.25, -0.2) is 0 Å². The largest absolute Gasteiger partial charge is 0.303 e. The molecule has 0 aromatic rings. The maximum absolute atomic E-state index is 11.1. The molecule has 0 bridgehead atoms. The van der Waals surface area contributed by atoms with Crippen LogP contribution >= 0.6 is 0 Å². The summed E-state index contributed by atoms with van der Waals surface area (Å²) in [6, 6.07) is 0. The lowest BCUT2D eigenvalue weighted by Gasteiger charge is -2.56. The van der Waals surface area contributed by atoms with Crippen LogP contribution in [0.25, 0.3) is 0 Å². The zero-order valence-corrected chi connectivity index (χ0v) is 12.7. The van der Waals surface area contributed by atoms with Crippen molar-refractivity contribution in [2.45, 2.75) is 71.6 Å². The van der Waals surface area contributed by atoms with Crippen LogP contribution in [-0.4, -0.2) is 6.29 Å². The molecule has 5 unspecified atom stereocenters. The highest BCUT2D eigenvalue weighted by Gasteiger charge is 2.50. The Morgan fingerprint density at radius 1 is 1.00 bits per heavy atom. The van der Waals surface area contributed by atoms with E-state index < -0.39 is 0 Å². The van der Waals surface area contributed by atoms with E-state index in [1.54, 1.807) is 0 Å². The quantitative estimate of drug-likeness (QED) is 0.650. The van der Waals surface area contributed by atoms with Crippen LogP contribution in [0.1, 0.15) is 71.6 Å². The second kappa shape index (κ2) is 5.22. The number of carbonyl (C=O) groups is 1. The molecule has 0 radical (unpaired) electrons. The summed E-state index contributed by atoms with van der Waals surface area (Å²) in [7, 11) is 0. The molecule has 0 spiro atoms. The summed E-state index contributed by atoms with van der Waals surface area (Å²) >= 11 is 0. The number of hydrogen-bond acceptors (Lipinski definition) is 1. The number of carbonyl (C=O) groups excluding carboxylic acids is 1. The number of fused-ring (bicyclic) bond motifs is 3. The zero-order chi connectivity index (χ0) is 13.5. The van der Waals surface area contributed by atoms with E-state index in [0.29, 0.717) is 5.41 Å². The second-order valence-electron chi connectivity index (χ2n) is 8.00. The molecule has 0 aliphatic heterocycles. The molecule has 3 fully saturated rings. The lowest BCUT2D eigenvalue weighted by Crippen LogP contribution is -2.47. The summed E-state index contributed by atoms with van der Waals surface area (Å²) < 4.78 is 0. The van der Waals surface area contributed by atoms with E-state index >= 15 is 0 Å². The van der Waals surface area contributed by atoms with Gasteiger partial charge < -0.3 is 4.79 Å². The van der Waals surface area contributed by atoms with Gasteiger partial charge >= 0.3 is 0 Å². The molecule has 3 aliphatic rings. The minimum atomic E-state index is 0.330. The standard InChI is InChI=1S/C18H30O/c1-13-5-3-6-15-14(13)8-9-17-16(15)7-4-10-18(17,2)11-12-19/h12-17H,3-11H2,1-2H3/t13?,14?,15?,16?,17?,18-/m0/s1. The lowest BCUT2D eigenvalue weighted by atomic mass is 9.49. The van der Waals surface area contributed by atoms with Crippen molar-refractivity contribution in [3.8, 4) is 0 Å². The van der Waals surface area contributed by atoms with Crippen LogP contribution in [0.4, 0.5) is 0 Å². The van der Waals surface area contributed by atoms with E-state index in [1.165, 1.54) is 57.7 Å². The van der Waals surface area contributed by atoms with Crippen LogP contribution in [0, 0.1) is 35.0 Å². The van der Waals surface area contributed by atoms with Crippen LogP contribution in [0.3, 0.4) is 0 Å². The Hall–Kier alpha value is -0.330. The fourth-order valence-electron chi connectivity index (χ4n) is 6.09. The first-order valence-corrected chi connectivity index (χ1v) is 8.59. The smallest absolute Gasteiger partial charge is 0.120 e. The monoisotopic (exact) mass is 262 g/mol. The summed E-state index contributed by atoms with van der Waals surface area (Å²) in [5.41, 5.74) is 0.330. The van der Waals surface area contributed by atoms with Crippen LogP contribution < -0.4 is 0 Å². The van der Waals surface area contributed by atoms with Gasteiger partial charge in [0.25, 0.3) is 0 Å². The molecular weight excluding hydrogens is 232 g/mol. The Balaban J connectivity index is 1.81. The van der Waals surface area contributed by atoms with Gasteiger partial charge in [0.15, 0.2) is 0 Å². The molecule has 3 rings (SSSR count). The third-order valence-electron chi connectivity index (χ3n) is 7.09. The average molecular weight is 262 g/mol. The van der Waals surface area contributed by atoms with Crippen molar-refractivity contribution in [2.24, 2.45) is 35.0 Å². The van der Waals surface area contributed by atoms with Crippen molar-refractivity contribution in [2.75, 3.05) is 0 Å². The van der Waals surface area contributed by atoms with Gasteiger partial charge in [-0.15, -0.1) is 0 Å². The molecular formula is C18H30O. The molecule has 0 aromatic carbocycles. The first kappa shape index (κ1) is 13.6. The Labute approximate surface area is 118 Å². The Morgan fingerprint density at radius 2 is 1.79 bits per heavy atom. The van der Waals surface area contributed by atoms with Gasteiger partial charge in [0, 0.05) is 6.42 Å². The van der Waals surface area contributed by atoms with Crippen LogP contribution in [-0.2, 0) is 4.79 Å². The van der Waals surface area contributed by atoms with E-state index in [-0.39, 0.29) is 0 Å². The third kappa shape index (κ3) is 2.28. The average Bonchev–Trinajstić information content (AvgIpc) is 2.39. The van der Waals surface area contributed by atoms with E-state index in [9.17, 15) is 4.79 Å². The number of hydrogen-bond donors (Lipinski definition) is 0. The molecule has 0 saturated heterocycles. The second-order valence-corrected chi connectivity index (χ2v) is 8.00. The summed E-state index contributed by atoms with van der Waals surface area (Å²) in [6.07, 6.45) is 13.4. The van der Waals surface area contributed by atoms with Gasteiger partial charge in [-0.2, -0.15) is 0 Å². The van der Waals surface area contributed by atoms with Crippen LogP contribution in [0.5, 0.6) is 0 Å². The van der Waals surface area contributed by atoms with Gasteiger partial charge in [0.1, 0.15) is 6.29 Å². The van der Waals surface area contributed by atoms with Gasteiger partial charge in [-0.05, 0) is 67.1 Å². The number of rotatable bonds is 2. The van der Waals surface area contributed by atoms with E-state index in [4.69, 9.17) is 0 Å². The number of aldehydes is 1. The fraction of sp³-hybridized carbons (Fsp3) is 0.944. The van der Waals surface area contributed by atoms with E-state index in [0.717, 1.165) is 36.0 Å². The molecule has 3 saturated carbocycles. The van der Waals surface area contributed by atoms with Gasteiger partial charge in [-0.1, -0.05) is 33.1 Å². The Bertz CT molecular complexity index is 337. The first-order chi connectivity index (χ1) is 9.15. The van der Waals surface area contributed by atoms with Crippen molar-refractivity contribution in [1.29, 1.82) is 0 Å². The van der Waals surface area contributed by atoms with Crippen LogP contribution in [0.15, 0.2) is 0 Å². The summed E-state index contributed by atoms with van der Waals surface area (Å²) in [4.78, 5) is 11.1. The summed E-state index contributed by atoms with van der Waals surface area (Å²) in [5, 5.41) is 0. The fourth-order valence-corrected chi connectivity index (χ4v) is 6.09. The highest BCUT2D eigenvalue weighted by Crippen LogP contribution is 2.58. The summed E-state index contributed by atoms with van der Waals surface area (Å²) in [5.74, 6) is 4.75. The molecule has 3 aliphatic carbocycles. The van der Waals surface area contributed by atoms with Crippen molar-refractivity contribution in [3.63, 3.8) is 0 Å². The molecule has 0 heterocycles. The van der Waals surface area contributed by atoms with Crippen LogP contribution in [0.2, 0.25) is 0 Å². The molecule has 6 atom stereocenters. The Kier molecular flexibility index (Phi) is 3.75. The van der Waals surface area contributed by atoms with E-state index in [1.807, 2.05) is 0 Å². The van der Waals surface area contributed by atoms with E-state index in [2.05, 4.69) is 13.8 Å². The molecule has 1 heteroatoms. The SMILES string of the molecule is CC1CCCC2C1CCC1C2CCC[C@@]1(C)CC=O. The predicted octanol–water partition coefficient (Wildman–Crippen LogP) is 4.84. The molecule has 19 heavy (non-hydrogen) atoms. The lowest BCUT2D eigenvalue weighted by molar-refractivity contribution is -0.115. The van der Waals surface area contributed by atoms with Crippen molar-refractivity contribution < 1.29 is 4.79 Å². The van der Waals surface area contributed by atoms with Crippen molar-refractivity contribution >= 4 is 6.29 Å². The highest BCUT2D eigenvalue weighted by atomic mass is 16.1. The van der Waals surface area contributed by atoms with Gasteiger partial charge in [-0.3, -0.25) is 0 Å². The minimum absolute atomic E-state index is 0.330. The minimum Gasteiger partial charge on any atom is -0.303 e. The third-order valence-corrected chi connectivity index (χ3v) is 7.09. The molecule has 0 N–H and O–H groups in total. The topological polar surface area (TPSA) is 17.1 Å². The molecule has 0 amide bonds. The summed E-state index contributed by atoms with van der Waals surface area (Å²) in [6.45, 7) is 4.90.